The first-order chi connectivity index (χ1) is 19.3. The SMILES string of the molecule is CC(C)[C@H](C(=O)O)N(C)C1CC(CN2CCC(c3cnc(Cc4ccccc4)s3)CC2)C(c2cccc(F)c2)C1. The van der Waals surface area contributed by atoms with Crippen LogP contribution in [0.15, 0.2) is 60.8 Å². The van der Waals surface area contributed by atoms with E-state index in [4.69, 9.17) is 4.98 Å². The van der Waals surface area contributed by atoms with Crippen LogP contribution in [-0.2, 0) is 11.2 Å². The molecule has 2 aromatic carbocycles. The second-order valence-electron chi connectivity index (χ2n) is 12.1. The van der Waals surface area contributed by atoms with Crippen LogP contribution < -0.4 is 0 Å². The van der Waals surface area contributed by atoms with E-state index in [0.717, 1.165) is 57.3 Å². The minimum atomic E-state index is -0.764. The van der Waals surface area contributed by atoms with Gasteiger partial charge in [-0.25, -0.2) is 9.37 Å². The summed E-state index contributed by atoms with van der Waals surface area (Å²) in [6.45, 7) is 7.02. The predicted molar refractivity (Wildman–Crippen MR) is 159 cm³/mol. The molecule has 0 amide bonds. The Morgan fingerprint density at radius 2 is 1.88 bits per heavy atom. The van der Waals surface area contributed by atoms with Crippen molar-refractivity contribution in [1.29, 1.82) is 0 Å². The van der Waals surface area contributed by atoms with Crippen LogP contribution in [0.3, 0.4) is 0 Å². The van der Waals surface area contributed by atoms with Gasteiger partial charge < -0.3 is 10.0 Å². The number of thiazole rings is 1. The molecule has 1 aliphatic carbocycles. The normalized spacial score (nSPS) is 23.2. The Kier molecular flexibility index (Phi) is 9.34. The number of piperidine rings is 1. The van der Waals surface area contributed by atoms with Crippen LogP contribution in [0.2, 0.25) is 0 Å². The predicted octanol–water partition coefficient (Wildman–Crippen LogP) is 6.66. The number of hydrogen-bond acceptors (Lipinski definition) is 5. The Labute approximate surface area is 242 Å². The Morgan fingerprint density at radius 1 is 1.12 bits per heavy atom. The zero-order valence-electron chi connectivity index (χ0n) is 23.9. The van der Waals surface area contributed by atoms with E-state index in [2.05, 4.69) is 40.3 Å². The van der Waals surface area contributed by atoms with E-state index in [1.165, 1.54) is 21.5 Å². The number of halogens is 1. The van der Waals surface area contributed by atoms with Gasteiger partial charge in [-0.2, -0.15) is 0 Å². The number of rotatable bonds is 10. The lowest BCUT2D eigenvalue weighted by Crippen LogP contribution is -2.47. The maximum absolute atomic E-state index is 14.2. The number of aliphatic carboxylic acids is 1. The van der Waals surface area contributed by atoms with Gasteiger partial charge in [-0.3, -0.25) is 9.69 Å². The highest BCUT2D eigenvalue weighted by molar-refractivity contribution is 7.11. The second-order valence-corrected chi connectivity index (χ2v) is 13.3. The summed E-state index contributed by atoms with van der Waals surface area (Å²) in [4.78, 5) is 22.9. The molecule has 4 atom stereocenters. The van der Waals surface area contributed by atoms with E-state index in [1.54, 1.807) is 12.1 Å². The molecule has 7 heteroatoms. The smallest absolute Gasteiger partial charge is 0.321 e. The minimum Gasteiger partial charge on any atom is -0.480 e. The Bertz CT molecular complexity index is 1260. The average molecular weight is 564 g/mol. The molecule has 214 valence electrons. The van der Waals surface area contributed by atoms with E-state index in [9.17, 15) is 14.3 Å². The van der Waals surface area contributed by atoms with E-state index >= 15 is 0 Å². The van der Waals surface area contributed by atoms with Crippen molar-refractivity contribution in [2.24, 2.45) is 11.8 Å². The molecule has 1 aromatic heterocycles. The average Bonchev–Trinajstić information content (AvgIpc) is 3.57. The van der Waals surface area contributed by atoms with Crippen LogP contribution in [0.5, 0.6) is 0 Å². The van der Waals surface area contributed by atoms with E-state index in [0.29, 0.717) is 11.8 Å². The van der Waals surface area contributed by atoms with Crippen molar-refractivity contribution in [2.75, 3.05) is 26.7 Å². The quantitative estimate of drug-likeness (QED) is 0.299. The van der Waals surface area contributed by atoms with Crippen molar-refractivity contribution in [3.8, 4) is 0 Å². The molecule has 3 unspecified atom stereocenters. The third kappa shape index (κ3) is 6.81. The van der Waals surface area contributed by atoms with Gasteiger partial charge in [-0.15, -0.1) is 11.3 Å². The van der Waals surface area contributed by atoms with E-state index in [1.807, 2.05) is 44.4 Å². The van der Waals surface area contributed by atoms with Crippen molar-refractivity contribution >= 4 is 17.3 Å². The lowest BCUT2D eigenvalue weighted by Gasteiger charge is -2.35. The minimum absolute atomic E-state index is 0.0214. The highest BCUT2D eigenvalue weighted by Crippen LogP contribution is 2.44. The monoisotopic (exact) mass is 563 g/mol. The molecule has 2 fully saturated rings. The maximum Gasteiger partial charge on any atom is 0.321 e. The van der Waals surface area contributed by atoms with Crippen LogP contribution in [0.4, 0.5) is 4.39 Å². The van der Waals surface area contributed by atoms with E-state index in [-0.39, 0.29) is 23.7 Å². The fourth-order valence-electron chi connectivity index (χ4n) is 7.03. The Morgan fingerprint density at radius 3 is 2.55 bits per heavy atom. The molecule has 1 N–H and O–H groups in total. The van der Waals surface area contributed by atoms with Gasteiger partial charge >= 0.3 is 5.97 Å². The highest BCUT2D eigenvalue weighted by Gasteiger charge is 2.41. The standard InChI is InChI=1S/C33H42FN3O2S/c1-22(2)32(33(38)39)36(3)28-18-26(29(19-28)25-10-7-11-27(34)17-25)21-37-14-12-24(13-15-37)30-20-35-31(40-30)16-23-8-5-4-6-9-23/h4-11,17,20,22,24,26,28-29,32H,12-16,18-19,21H2,1-3H3,(H,38,39)/t26?,28?,29?,32-/m1/s1. The fraction of sp³-hybridized carbons (Fsp3) is 0.515. The van der Waals surface area contributed by atoms with Gasteiger partial charge in [0, 0.05) is 30.1 Å². The van der Waals surface area contributed by atoms with Crippen LogP contribution in [0.1, 0.15) is 72.4 Å². The van der Waals surface area contributed by atoms with Gasteiger partial charge in [-0.05, 0) is 92.8 Å². The molecular weight excluding hydrogens is 521 g/mol. The molecule has 1 saturated heterocycles. The molecule has 40 heavy (non-hydrogen) atoms. The van der Waals surface area contributed by atoms with Crippen molar-refractivity contribution in [3.05, 3.63) is 87.6 Å². The summed E-state index contributed by atoms with van der Waals surface area (Å²) in [6, 6.07) is 17.2. The molecule has 0 radical (unpaired) electrons. The number of nitrogens with zero attached hydrogens (tertiary/aromatic N) is 3. The number of hydrogen-bond donors (Lipinski definition) is 1. The Hall–Kier alpha value is -2.61. The summed E-state index contributed by atoms with van der Waals surface area (Å²) >= 11 is 1.86. The van der Waals surface area contributed by atoms with Crippen molar-refractivity contribution < 1.29 is 14.3 Å². The van der Waals surface area contributed by atoms with Crippen molar-refractivity contribution in [3.63, 3.8) is 0 Å². The molecule has 2 heterocycles. The molecule has 5 nitrogen and oxygen atoms in total. The zero-order chi connectivity index (χ0) is 28.2. The molecule has 5 rings (SSSR count). The number of benzene rings is 2. The third-order valence-corrected chi connectivity index (χ3v) is 10.3. The van der Waals surface area contributed by atoms with Gasteiger partial charge in [0.1, 0.15) is 11.9 Å². The largest absolute Gasteiger partial charge is 0.480 e. The lowest BCUT2D eigenvalue weighted by molar-refractivity contribution is -0.145. The number of likely N-dealkylation sites (N-methyl/N-ethyl adjacent to an activating group) is 1. The first kappa shape index (κ1) is 28.9. The second kappa shape index (κ2) is 12.9. The van der Waals surface area contributed by atoms with Gasteiger partial charge in [0.25, 0.3) is 0 Å². The number of carboxylic acid groups (broad SMARTS) is 1. The van der Waals surface area contributed by atoms with Crippen LogP contribution in [0.25, 0.3) is 0 Å². The molecule has 0 bridgehead atoms. The molecule has 0 spiro atoms. The number of carboxylic acids is 1. The summed E-state index contributed by atoms with van der Waals surface area (Å²) in [5.41, 5.74) is 2.34. The molecular formula is C33H42FN3O2S. The first-order valence-electron chi connectivity index (χ1n) is 14.7. The van der Waals surface area contributed by atoms with Gasteiger partial charge in [0.05, 0.1) is 5.01 Å². The summed E-state index contributed by atoms with van der Waals surface area (Å²) in [7, 11) is 1.96. The summed E-state index contributed by atoms with van der Waals surface area (Å²) in [6.07, 6.45) is 7.04. The number of aromatic nitrogens is 1. The highest BCUT2D eigenvalue weighted by atomic mass is 32.1. The van der Waals surface area contributed by atoms with Crippen LogP contribution >= 0.6 is 11.3 Å². The topological polar surface area (TPSA) is 56.7 Å². The first-order valence-corrected chi connectivity index (χ1v) is 15.5. The summed E-state index contributed by atoms with van der Waals surface area (Å²) < 4.78 is 14.2. The molecule has 1 aliphatic heterocycles. The van der Waals surface area contributed by atoms with Crippen molar-refractivity contribution in [1.82, 2.24) is 14.8 Å². The molecule has 2 aliphatic rings. The van der Waals surface area contributed by atoms with Crippen molar-refractivity contribution in [2.45, 2.75) is 69.9 Å². The lowest BCUT2D eigenvalue weighted by atomic mass is 9.87. The van der Waals surface area contributed by atoms with Gasteiger partial charge in [0.2, 0.25) is 0 Å². The molecule has 1 saturated carbocycles. The van der Waals surface area contributed by atoms with Gasteiger partial charge in [0.15, 0.2) is 0 Å². The molecule has 3 aromatic rings. The zero-order valence-corrected chi connectivity index (χ0v) is 24.7. The summed E-state index contributed by atoms with van der Waals surface area (Å²) in [5.74, 6) is 0.212. The van der Waals surface area contributed by atoms with Crippen LogP contribution in [-0.4, -0.2) is 64.6 Å². The number of likely N-dealkylation sites (tertiary alicyclic amines) is 1. The maximum atomic E-state index is 14.2. The fourth-order valence-corrected chi connectivity index (χ4v) is 8.15. The van der Waals surface area contributed by atoms with Gasteiger partial charge in [-0.1, -0.05) is 56.3 Å². The third-order valence-electron chi connectivity index (χ3n) is 9.10. The van der Waals surface area contributed by atoms with Crippen LogP contribution in [0, 0.1) is 17.7 Å². The van der Waals surface area contributed by atoms with E-state index < -0.39 is 12.0 Å². The Balaban J connectivity index is 1.23. The summed E-state index contributed by atoms with van der Waals surface area (Å²) in [5, 5.41) is 11.1. The number of carbonyl (C=O) groups is 1.